The molecule has 112 valence electrons. The van der Waals surface area contributed by atoms with Crippen molar-refractivity contribution < 1.29 is 19.5 Å². The number of carbonyl (C=O) groups is 3. The molecule has 1 atom stereocenters. The molecule has 2 rings (SSSR count). The minimum absolute atomic E-state index is 0.0252. The molecule has 1 saturated heterocycles. The number of aliphatic carboxylic acids is 1. The van der Waals surface area contributed by atoms with Crippen LogP contribution in [0.25, 0.3) is 0 Å². The first-order valence-corrected chi connectivity index (χ1v) is 7.79. The Labute approximate surface area is 131 Å². The fourth-order valence-electron chi connectivity index (χ4n) is 2.15. The smallest absolute Gasteiger partial charge is 0.304 e. The van der Waals surface area contributed by atoms with Crippen molar-refractivity contribution in [2.45, 2.75) is 25.0 Å². The summed E-state index contributed by atoms with van der Waals surface area (Å²) in [6.07, 6.45) is 0.0772. The standard InChI is InChI=1S/C14H14ClNO4S/c1-8-6-9(15)2-3-10(8)16-12(17)7-11(14(16)20)21-5-4-13(18)19/h2-3,6,11H,4-5,7H2,1H3,(H,18,19)/t11-/m1/s1. The summed E-state index contributed by atoms with van der Waals surface area (Å²) >= 11 is 7.09. The summed E-state index contributed by atoms with van der Waals surface area (Å²) in [6.45, 7) is 1.78. The molecule has 0 aromatic heterocycles. The zero-order valence-corrected chi connectivity index (χ0v) is 12.9. The van der Waals surface area contributed by atoms with E-state index in [4.69, 9.17) is 16.7 Å². The van der Waals surface area contributed by atoms with Gasteiger partial charge in [-0.15, -0.1) is 11.8 Å². The van der Waals surface area contributed by atoms with Gasteiger partial charge < -0.3 is 5.11 Å². The van der Waals surface area contributed by atoms with Crippen LogP contribution in [-0.2, 0) is 14.4 Å². The molecule has 1 aliphatic rings. The Morgan fingerprint density at radius 3 is 2.81 bits per heavy atom. The molecular weight excluding hydrogens is 314 g/mol. The third kappa shape index (κ3) is 3.57. The molecule has 7 heteroatoms. The highest BCUT2D eigenvalue weighted by molar-refractivity contribution is 8.00. The lowest BCUT2D eigenvalue weighted by molar-refractivity contribution is -0.136. The maximum atomic E-state index is 12.3. The lowest BCUT2D eigenvalue weighted by Gasteiger charge is -2.17. The summed E-state index contributed by atoms with van der Waals surface area (Å²) in [6, 6.07) is 4.98. The fraction of sp³-hybridized carbons (Fsp3) is 0.357. The zero-order chi connectivity index (χ0) is 15.6. The Hall–Kier alpha value is -1.53. The second-order valence-electron chi connectivity index (χ2n) is 4.71. The minimum Gasteiger partial charge on any atom is -0.481 e. The molecule has 0 radical (unpaired) electrons. The molecule has 0 saturated carbocycles. The number of anilines is 1. The number of amides is 2. The third-order valence-electron chi connectivity index (χ3n) is 3.14. The maximum Gasteiger partial charge on any atom is 0.304 e. The topological polar surface area (TPSA) is 74.7 Å². The van der Waals surface area contributed by atoms with Crippen molar-refractivity contribution in [3.63, 3.8) is 0 Å². The molecule has 1 aromatic carbocycles. The van der Waals surface area contributed by atoms with Crippen molar-refractivity contribution >= 4 is 46.8 Å². The van der Waals surface area contributed by atoms with Crippen LogP contribution in [0.5, 0.6) is 0 Å². The van der Waals surface area contributed by atoms with Gasteiger partial charge in [0.2, 0.25) is 11.8 Å². The Bertz CT molecular complexity index is 605. The van der Waals surface area contributed by atoms with Gasteiger partial charge in [0.1, 0.15) is 0 Å². The molecule has 0 unspecified atom stereocenters. The molecular formula is C14H14ClNO4S. The SMILES string of the molecule is Cc1cc(Cl)ccc1N1C(=O)C[C@@H](SCCC(=O)O)C1=O. The van der Waals surface area contributed by atoms with E-state index in [9.17, 15) is 14.4 Å². The van der Waals surface area contributed by atoms with Gasteiger partial charge in [-0.1, -0.05) is 11.6 Å². The van der Waals surface area contributed by atoms with Crippen molar-refractivity contribution in [3.05, 3.63) is 28.8 Å². The molecule has 1 aromatic rings. The quantitative estimate of drug-likeness (QED) is 0.841. The lowest BCUT2D eigenvalue weighted by Crippen LogP contribution is -2.31. The van der Waals surface area contributed by atoms with Crippen LogP contribution in [0.2, 0.25) is 5.02 Å². The number of carboxylic acid groups (broad SMARTS) is 1. The number of carboxylic acids is 1. The van der Waals surface area contributed by atoms with Gasteiger partial charge in [-0.2, -0.15) is 0 Å². The number of hydrogen-bond acceptors (Lipinski definition) is 4. The van der Waals surface area contributed by atoms with Crippen LogP contribution >= 0.6 is 23.4 Å². The minimum atomic E-state index is -0.912. The van der Waals surface area contributed by atoms with Gasteiger partial charge in [0, 0.05) is 17.2 Å². The van der Waals surface area contributed by atoms with Gasteiger partial charge in [-0.25, -0.2) is 4.90 Å². The highest BCUT2D eigenvalue weighted by Crippen LogP contribution is 2.32. The Morgan fingerprint density at radius 1 is 1.48 bits per heavy atom. The number of thioether (sulfide) groups is 1. The first-order valence-electron chi connectivity index (χ1n) is 6.36. The van der Waals surface area contributed by atoms with E-state index in [1.54, 1.807) is 25.1 Å². The maximum absolute atomic E-state index is 12.3. The Kier molecular flexibility index (Phi) is 4.90. The Balaban J connectivity index is 2.13. The summed E-state index contributed by atoms with van der Waals surface area (Å²) in [5.41, 5.74) is 1.29. The molecule has 1 heterocycles. The summed E-state index contributed by atoms with van der Waals surface area (Å²) in [7, 11) is 0. The van der Waals surface area contributed by atoms with E-state index in [-0.39, 0.29) is 24.7 Å². The highest BCUT2D eigenvalue weighted by Gasteiger charge is 2.40. The van der Waals surface area contributed by atoms with Crippen molar-refractivity contribution in [1.29, 1.82) is 0 Å². The van der Waals surface area contributed by atoms with Gasteiger partial charge >= 0.3 is 5.97 Å². The van der Waals surface area contributed by atoms with Crippen LogP contribution < -0.4 is 4.90 Å². The average Bonchev–Trinajstić information content (AvgIpc) is 2.65. The first kappa shape index (κ1) is 15.9. The molecule has 0 spiro atoms. The monoisotopic (exact) mass is 327 g/mol. The number of rotatable bonds is 5. The van der Waals surface area contributed by atoms with Gasteiger partial charge in [-0.05, 0) is 30.7 Å². The van der Waals surface area contributed by atoms with Crippen LogP contribution in [-0.4, -0.2) is 33.9 Å². The van der Waals surface area contributed by atoms with E-state index < -0.39 is 11.2 Å². The van der Waals surface area contributed by atoms with Crippen molar-refractivity contribution in [2.75, 3.05) is 10.7 Å². The second-order valence-corrected chi connectivity index (χ2v) is 6.45. The van der Waals surface area contributed by atoms with E-state index in [0.29, 0.717) is 16.5 Å². The largest absolute Gasteiger partial charge is 0.481 e. The highest BCUT2D eigenvalue weighted by atomic mass is 35.5. The number of aryl methyl sites for hydroxylation is 1. The van der Waals surface area contributed by atoms with E-state index in [1.807, 2.05) is 0 Å². The summed E-state index contributed by atoms with van der Waals surface area (Å²) in [4.78, 5) is 36.1. The van der Waals surface area contributed by atoms with E-state index in [2.05, 4.69) is 0 Å². The van der Waals surface area contributed by atoms with Crippen LogP contribution in [0.3, 0.4) is 0 Å². The molecule has 1 aliphatic heterocycles. The molecule has 5 nitrogen and oxygen atoms in total. The lowest BCUT2D eigenvalue weighted by atomic mass is 10.2. The normalized spacial score (nSPS) is 18.4. The van der Waals surface area contributed by atoms with Gasteiger partial charge in [0.25, 0.3) is 0 Å². The van der Waals surface area contributed by atoms with Crippen LogP contribution in [0.15, 0.2) is 18.2 Å². The van der Waals surface area contributed by atoms with E-state index in [0.717, 1.165) is 5.56 Å². The molecule has 1 fully saturated rings. The van der Waals surface area contributed by atoms with Gasteiger partial charge in [0.05, 0.1) is 17.4 Å². The fourth-order valence-corrected chi connectivity index (χ4v) is 3.46. The predicted molar refractivity (Wildman–Crippen MR) is 81.8 cm³/mol. The zero-order valence-electron chi connectivity index (χ0n) is 11.3. The molecule has 21 heavy (non-hydrogen) atoms. The van der Waals surface area contributed by atoms with Crippen molar-refractivity contribution in [1.82, 2.24) is 0 Å². The second kappa shape index (κ2) is 6.49. The van der Waals surface area contributed by atoms with E-state index in [1.165, 1.54) is 16.7 Å². The first-order chi connectivity index (χ1) is 9.90. The van der Waals surface area contributed by atoms with Crippen LogP contribution in [0.1, 0.15) is 18.4 Å². The summed E-state index contributed by atoms with van der Waals surface area (Å²) in [5, 5.41) is 8.65. The molecule has 1 N–H and O–H groups in total. The summed E-state index contributed by atoms with van der Waals surface area (Å²) < 4.78 is 0. The van der Waals surface area contributed by atoms with Gasteiger partial charge in [-0.3, -0.25) is 14.4 Å². The van der Waals surface area contributed by atoms with Crippen molar-refractivity contribution in [3.8, 4) is 0 Å². The number of hydrogen-bond donors (Lipinski definition) is 1. The number of carbonyl (C=O) groups excluding carboxylic acids is 2. The summed E-state index contributed by atoms with van der Waals surface area (Å²) in [5.74, 6) is -1.16. The number of nitrogens with zero attached hydrogens (tertiary/aromatic N) is 1. The van der Waals surface area contributed by atoms with Gasteiger partial charge in [0.15, 0.2) is 0 Å². The average molecular weight is 328 g/mol. The molecule has 0 bridgehead atoms. The van der Waals surface area contributed by atoms with E-state index >= 15 is 0 Å². The Morgan fingerprint density at radius 2 is 2.19 bits per heavy atom. The molecule has 0 aliphatic carbocycles. The third-order valence-corrected chi connectivity index (χ3v) is 4.59. The molecule has 2 amide bonds. The van der Waals surface area contributed by atoms with Crippen LogP contribution in [0, 0.1) is 6.92 Å². The number of imide groups is 1. The number of halogens is 1. The predicted octanol–water partition coefficient (Wildman–Crippen LogP) is 2.49. The van der Waals surface area contributed by atoms with Crippen molar-refractivity contribution in [2.24, 2.45) is 0 Å². The van der Waals surface area contributed by atoms with Crippen LogP contribution in [0.4, 0.5) is 5.69 Å². The number of benzene rings is 1.